The van der Waals surface area contributed by atoms with Crippen LogP contribution in [0.25, 0.3) is 5.70 Å². The third kappa shape index (κ3) is 4.43. The molecule has 144 valence electrons. The predicted octanol–water partition coefficient (Wildman–Crippen LogP) is 3.51. The lowest BCUT2D eigenvalue weighted by Crippen LogP contribution is -2.44. The quantitative estimate of drug-likeness (QED) is 0.560. The van der Waals surface area contributed by atoms with E-state index in [-0.39, 0.29) is 17.1 Å². The van der Waals surface area contributed by atoms with E-state index in [0.717, 1.165) is 17.5 Å². The summed E-state index contributed by atoms with van der Waals surface area (Å²) in [5.74, 6) is -0.812. The van der Waals surface area contributed by atoms with E-state index < -0.39 is 5.91 Å². The normalized spacial score (nSPS) is 16.8. The fourth-order valence-corrected chi connectivity index (χ4v) is 3.18. The van der Waals surface area contributed by atoms with Crippen LogP contribution in [0.15, 0.2) is 64.5 Å². The number of azo groups is 1. The predicted molar refractivity (Wildman–Crippen MR) is 109 cm³/mol. The molecule has 7 nitrogen and oxygen atoms in total. The molecule has 0 fully saturated rings. The molecular formula is C21H23N5O2. The van der Waals surface area contributed by atoms with Gasteiger partial charge < -0.3 is 16.4 Å². The molecule has 1 heterocycles. The Hall–Kier alpha value is -3.48. The lowest BCUT2D eigenvalue weighted by atomic mass is 9.85. The first-order valence-corrected chi connectivity index (χ1v) is 8.95. The van der Waals surface area contributed by atoms with Crippen LogP contribution in [0.2, 0.25) is 0 Å². The number of hydrogen-bond acceptors (Lipinski definition) is 5. The summed E-state index contributed by atoms with van der Waals surface area (Å²) in [4.78, 5) is 23.2. The largest absolute Gasteiger partial charge is 0.377 e. The number of nitrogens with one attached hydrogen (secondary N) is 2. The van der Waals surface area contributed by atoms with Crippen LogP contribution in [0.1, 0.15) is 31.9 Å². The average Bonchev–Trinajstić information content (AvgIpc) is 2.61. The number of rotatable bonds is 4. The molecule has 28 heavy (non-hydrogen) atoms. The van der Waals surface area contributed by atoms with Crippen LogP contribution in [0.3, 0.4) is 0 Å². The van der Waals surface area contributed by atoms with Crippen LogP contribution in [0.4, 0.5) is 11.4 Å². The fourth-order valence-electron chi connectivity index (χ4n) is 3.18. The molecule has 3 rings (SSSR count). The first-order valence-electron chi connectivity index (χ1n) is 8.95. The van der Waals surface area contributed by atoms with Gasteiger partial charge in [-0.1, -0.05) is 24.3 Å². The zero-order chi connectivity index (χ0) is 20.3. The Labute approximate surface area is 163 Å². The highest BCUT2D eigenvalue weighted by Crippen LogP contribution is 2.32. The summed E-state index contributed by atoms with van der Waals surface area (Å²) in [6, 6.07) is 14.7. The number of hydrogen-bond donors (Lipinski definition) is 3. The van der Waals surface area contributed by atoms with Gasteiger partial charge in [0.2, 0.25) is 5.91 Å². The molecule has 0 unspecified atom stereocenters. The molecule has 1 aliphatic heterocycles. The van der Waals surface area contributed by atoms with Crippen LogP contribution in [-0.2, 0) is 16.0 Å². The minimum absolute atomic E-state index is 0.0752. The maximum Gasteiger partial charge on any atom is 0.271 e. The van der Waals surface area contributed by atoms with E-state index in [1.54, 1.807) is 24.3 Å². The Bertz CT molecular complexity index is 975. The molecule has 0 saturated carbocycles. The number of anilines is 1. The third-order valence-electron chi connectivity index (χ3n) is 4.31. The van der Waals surface area contributed by atoms with Gasteiger partial charge in [0.25, 0.3) is 5.91 Å². The standard InChI is InChI=1S/C21H23N5O2/c1-13(27)23-15-8-10-16(11-9-15)25-26-19(20(22)28)18-17-7-5-4-6-14(17)12-21(2,3)24-18/h4-11,24H,12H2,1-3H3,(H2,22,28)(H,23,27)/b19-18-,26-25+. The van der Waals surface area contributed by atoms with E-state index >= 15 is 0 Å². The number of fused-ring (bicyclic) bond motifs is 1. The van der Waals surface area contributed by atoms with E-state index in [4.69, 9.17) is 5.73 Å². The summed E-state index contributed by atoms with van der Waals surface area (Å²) < 4.78 is 0. The molecule has 2 aromatic carbocycles. The second-order valence-corrected chi connectivity index (χ2v) is 7.36. The minimum Gasteiger partial charge on any atom is -0.377 e. The topological polar surface area (TPSA) is 109 Å². The molecule has 2 aromatic rings. The molecule has 2 amide bonds. The molecule has 0 aromatic heterocycles. The molecule has 0 spiro atoms. The highest BCUT2D eigenvalue weighted by Gasteiger charge is 2.30. The van der Waals surface area contributed by atoms with Crippen molar-refractivity contribution in [2.75, 3.05) is 5.32 Å². The average molecular weight is 377 g/mol. The van der Waals surface area contributed by atoms with Crippen molar-refractivity contribution in [3.05, 3.63) is 65.4 Å². The number of primary amides is 1. The highest BCUT2D eigenvalue weighted by atomic mass is 16.1. The van der Waals surface area contributed by atoms with Gasteiger partial charge >= 0.3 is 0 Å². The van der Waals surface area contributed by atoms with E-state index in [0.29, 0.717) is 17.1 Å². The summed E-state index contributed by atoms with van der Waals surface area (Å²) >= 11 is 0. The second-order valence-electron chi connectivity index (χ2n) is 7.36. The van der Waals surface area contributed by atoms with Crippen molar-refractivity contribution in [3.8, 4) is 0 Å². The van der Waals surface area contributed by atoms with Crippen molar-refractivity contribution >= 4 is 28.9 Å². The van der Waals surface area contributed by atoms with Gasteiger partial charge in [-0.05, 0) is 50.1 Å². The van der Waals surface area contributed by atoms with Crippen molar-refractivity contribution in [2.45, 2.75) is 32.7 Å². The molecule has 0 atom stereocenters. The first kappa shape index (κ1) is 19.3. The Kier molecular flexibility index (Phi) is 5.26. The van der Waals surface area contributed by atoms with Crippen LogP contribution in [0.5, 0.6) is 0 Å². The smallest absolute Gasteiger partial charge is 0.271 e. The van der Waals surface area contributed by atoms with E-state index in [1.807, 2.05) is 24.3 Å². The summed E-state index contributed by atoms with van der Waals surface area (Å²) in [5.41, 5.74) is 9.24. The van der Waals surface area contributed by atoms with E-state index in [1.165, 1.54) is 6.92 Å². The molecule has 7 heteroatoms. The first-order chi connectivity index (χ1) is 13.2. The van der Waals surface area contributed by atoms with E-state index in [9.17, 15) is 9.59 Å². The lowest BCUT2D eigenvalue weighted by molar-refractivity contribution is -0.115. The molecule has 0 radical (unpaired) electrons. The summed E-state index contributed by atoms with van der Waals surface area (Å²) in [6.07, 6.45) is 0.820. The molecule has 4 N–H and O–H groups in total. The van der Waals surface area contributed by atoms with Crippen LogP contribution in [-0.4, -0.2) is 17.4 Å². The van der Waals surface area contributed by atoms with Gasteiger partial charge in [-0.25, -0.2) is 0 Å². The number of nitrogens with zero attached hydrogens (tertiary/aromatic N) is 2. The zero-order valence-corrected chi connectivity index (χ0v) is 16.1. The summed E-state index contributed by atoms with van der Waals surface area (Å²) in [5, 5.41) is 14.4. The van der Waals surface area contributed by atoms with Gasteiger partial charge in [0.05, 0.1) is 11.4 Å². The van der Waals surface area contributed by atoms with Gasteiger partial charge in [-0.15, -0.1) is 5.11 Å². The SMILES string of the molecule is CC(=O)Nc1ccc(/N=N/C(C(N)=O)=C2\NC(C)(C)Cc3ccccc32)cc1. The molecule has 0 saturated heterocycles. The molecular weight excluding hydrogens is 354 g/mol. The second kappa shape index (κ2) is 7.64. The van der Waals surface area contributed by atoms with Crippen LogP contribution < -0.4 is 16.4 Å². The Morgan fingerprint density at radius 2 is 1.79 bits per heavy atom. The molecule has 0 bridgehead atoms. The van der Waals surface area contributed by atoms with E-state index in [2.05, 4.69) is 34.7 Å². The van der Waals surface area contributed by atoms with Gasteiger partial charge in [0.1, 0.15) is 0 Å². The van der Waals surface area contributed by atoms with Crippen molar-refractivity contribution in [2.24, 2.45) is 16.0 Å². The van der Waals surface area contributed by atoms with Gasteiger partial charge in [-0.2, -0.15) is 5.11 Å². The van der Waals surface area contributed by atoms with Gasteiger partial charge in [0, 0.05) is 23.7 Å². The van der Waals surface area contributed by atoms with Crippen molar-refractivity contribution in [1.82, 2.24) is 5.32 Å². The highest BCUT2D eigenvalue weighted by molar-refractivity contribution is 6.00. The van der Waals surface area contributed by atoms with Crippen molar-refractivity contribution in [3.63, 3.8) is 0 Å². The van der Waals surface area contributed by atoms with Gasteiger partial charge in [0.15, 0.2) is 5.70 Å². The fraction of sp³-hybridized carbons (Fsp3) is 0.238. The summed E-state index contributed by atoms with van der Waals surface area (Å²) in [6.45, 7) is 5.55. The number of benzene rings is 2. The maximum absolute atomic E-state index is 12.1. The van der Waals surface area contributed by atoms with Crippen LogP contribution >= 0.6 is 0 Å². The Morgan fingerprint density at radius 1 is 1.11 bits per heavy atom. The molecule has 0 aliphatic carbocycles. The Balaban J connectivity index is 1.98. The number of carbonyl (C=O) groups is 2. The number of amides is 2. The van der Waals surface area contributed by atoms with Crippen molar-refractivity contribution in [1.29, 1.82) is 0 Å². The third-order valence-corrected chi connectivity index (χ3v) is 4.31. The zero-order valence-electron chi connectivity index (χ0n) is 16.1. The van der Waals surface area contributed by atoms with Crippen LogP contribution in [0, 0.1) is 0 Å². The van der Waals surface area contributed by atoms with Gasteiger partial charge in [-0.3, -0.25) is 9.59 Å². The number of carbonyl (C=O) groups excluding carboxylic acids is 2. The lowest BCUT2D eigenvalue weighted by Gasteiger charge is -2.35. The minimum atomic E-state index is -0.659. The summed E-state index contributed by atoms with van der Waals surface area (Å²) in [7, 11) is 0. The monoisotopic (exact) mass is 377 g/mol. The Morgan fingerprint density at radius 3 is 2.43 bits per heavy atom. The number of nitrogens with two attached hydrogens (primary N) is 1. The molecule has 1 aliphatic rings. The maximum atomic E-state index is 12.1. The van der Waals surface area contributed by atoms with Crippen molar-refractivity contribution < 1.29 is 9.59 Å².